The van der Waals surface area contributed by atoms with Crippen LogP contribution >= 0.6 is 23.2 Å². The minimum atomic E-state index is -0.542. The number of carbonyl (C=O) groups excluding carboxylic acids is 2. The summed E-state index contributed by atoms with van der Waals surface area (Å²) in [5.41, 5.74) is 1.01. The number of nitrogens with one attached hydrogen (secondary N) is 2. The Morgan fingerprint density at radius 2 is 1.71 bits per heavy atom. The molecule has 2 aromatic carbocycles. The summed E-state index contributed by atoms with van der Waals surface area (Å²) >= 11 is 12.0. The van der Waals surface area contributed by atoms with Crippen molar-refractivity contribution in [3.63, 3.8) is 0 Å². The molecule has 0 saturated carbocycles. The Kier molecular flexibility index (Phi) is 5.89. The van der Waals surface area contributed by atoms with Crippen LogP contribution in [0, 0.1) is 0 Å². The maximum absolute atomic E-state index is 12.1. The third-order valence-corrected chi connectivity index (χ3v) is 3.67. The number of rotatable bonds is 4. The summed E-state index contributed by atoms with van der Waals surface area (Å²) in [6.45, 7) is 0. The predicted molar refractivity (Wildman–Crippen MR) is 93.4 cm³/mol. The van der Waals surface area contributed by atoms with Gasteiger partial charge in [-0.2, -0.15) is 0 Å². The number of amides is 2. The topological polar surface area (TPSA) is 76.7 Å². The number of esters is 1. The van der Waals surface area contributed by atoms with Crippen LogP contribution in [0.3, 0.4) is 0 Å². The molecule has 0 aliphatic carbocycles. The second-order valence-corrected chi connectivity index (χ2v) is 5.43. The van der Waals surface area contributed by atoms with Gasteiger partial charge in [-0.05, 0) is 36.4 Å². The first-order valence-corrected chi connectivity index (χ1v) is 7.49. The molecule has 2 aromatic rings. The van der Waals surface area contributed by atoms with Crippen LogP contribution in [0.4, 0.5) is 16.2 Å². The molecule has 0 bridgehead atoms. The van der Waals surface area contributed by atoms with E-state index in [1.54, 1.807) is 18.2 Å². The van der Waals surface area contributed by atoms with Gasteiger partial charge in [-0.1, -0.05) is 23.2 Å². The van der Waals surface area contributed by atoms with Crippen molar-refractivity contribution in [2.45, 2.75) is 0 Å². The quantitative estimate of drug-likeness (QED) is 0.782. The monoisotopic (exact) mass is 368 g/mol. The van der Waals surface area contributed by atoms with Crippen molar-refractivity contribution in [3.8, 4) is 5.75 Å². The van der Waals surface area contributed by atoms with Crippen LogP contribution in [0.1, 0.15) is 10.4 Å². The highest BCUT2D eigenvalue weighted by atomic mass is 35.5. The lowest BCUT2D eigenvalue weighted by atomic mass is 10.2. The van der Waals surface area contributed by atoms with Gasteiger partial charge < -0.3 is 20.1 Å². The molecule has 0 spiro atoms. The zero-order chi connectivity index (χ0) is 17.7. The van der Waals surface area contributed by atoms with Gasteiger partial charge in [0.25, 0.3) is 0 Å². The molecule has 0 unspecified atom stereocenters. The fourth-order valence-corrected chi connectivity index (χ4v) is 2.32. The first-order chi connectivity index (χ1) is 11.4. The maximum Gasteiger partial charge on any atom is 0.337 e. The first-order valence-electron chi connectivity index (χ1n) is 6.74. The normalized spacial score (nSPS) is 10.0. The summed E-state index contributed by atoms with van der Waals surface area (Å²) in [7, 11) is 2.77. The van der Waals surface area contributed by atoms with E-state index in [2.05, 4.69) is 15.4 Å². The number of carbonyl (C=O) groups is 2. The van der Waals surface area contributed by atoms with Crippen molar-refractivity contribution < 1.29 is 19.1 Å². The highest BCUT2D eigenvalue weighted by molar-refractivity contribution is 6.34. The van der Waals surface area contributed by atoms with Crippen molar-refractivity contribution in [1.82, 2.24) is 0 Å². The van der Waals surface area contributed by atoms with Gasteiger partial charge in [0.2, 0.25) is 0 Å². The van der Waals surface area contributed by atoms with Crippen LogP contribution in [0.5, 0.6) is 5.75 Å². The smallest absolute Gasteiger partial charge is 0.337 e. The van der Waals surface area contributed by atoms with E-state index < -0.39 is 12.0 Å². The highest BCUT2D eigenvalue weighted by Crippen LogP contribution is 2.28. The Balaban J connectivity index is 2.12. The van der Waals surface area contributed by atoms with E-state index >= 15 is 0 Å². The fourth-order valence-electron chi connectivity index (χ4n) is 1.89. The number of benzene rings is 2. The van der Waals surface area contributed by atoms with E-state index in [1.807, 2.05) is 0 Å². The number of hydrogen-bond acceptors (Lipinski definition) is 4. The van der Waals surface area contributed by atoms with E-state index in [1.165, 1.54) is 32.4 Å². The molecule has 0 aliphatic rings. The minimum absolute atomic E-state index is 0.268. The summed E-state index contributed by atoms with van der Waals surface area (Å²) < 4.78 is 9.67. The van der Waals surface area contributed by atoms with Gasteiger partial charge in [-0.15, -0.1) is 0 Å². The number of urea groups is 1. The van der Waals surface area contributed by atoms with Crippen molar-refractivity contribution >= 4 is 46.6 Å². The van der Waals surface area contributed by atoms with Crippen molar-refractivity contribution in [3.05, 3.63) is 52.0 Å². The van der Waals surface area contributed by atoms with Crippen LogP contribution in [-0.2, 0) is 4.74 Å². The molecule has 0 aromatic heterocycles. The van der Waals surface area contributed by atoms with E-state index in [-0.39, 0.29) is 16.3 Å². The molecule has 2 N–H and O–H groups in total. The molecule has 8 heteroatoms. The Hall–Kier alpha value is -2.44. The molecule has 0 heterocycles. The Morgan fingerprint density at radius 1 is 0.958 bits per heavy atom. The van der Waals surface area contributed by atoms with Gasteiger partial charge in [0.15, 0.2) is 0 Å². The van der Waals surface area contributed by atoms with Crippen LogP contribution in [0.25, 0.3) is 0 Å². The molecule has 24 heavy (non-hydrogen) atoms. The number of hydrogen-bond donors (Lipinski definition) is 2. The van der Waals surface area contributed by atoms with E-state index in [0.29, 0.717) is 16.5 Å². The first kappa shape index (κ1) is 17.9. The Labute approximate surface area is 148 Å². The predicted octanol–water partition coefficient (Wildman–Crippen LogP) is 4.43. The van der Waals surface area contributed by atoms with Crippen molar-refractivity contribution in [1.29, 1.82) is 0 Å². The Morgan fingerprint density at radius 3 is 2.33 bits per heavy atom. The third-order valence-electron chi connectivity index (χ3n) is 3.05. The molecule has 2 rings (SSSR count). The molecule has 2 amide bonds. The molecular formula is C16H14Cl2N2O4. The molecule has 0 atom stereocenters. The van der Waals surface area contributed by atoms with E-state index in [4.69, 9.17) is 27.9 Å². The number of halogens is 2. The summed E-state index contributed by atoms with van der Waals surface area (Å²) in [6.07, 6.45) is 0. The molecule has 0 saturated heterocycles. The van der Waals surface area contributed by atoms with Crippen LogP contribution in [0.2, 0.25) is 10.0 Å². The van der Waals surface area contributed by atoms with Gasteiger partial charge in [0.05, 0.1) is 35.5 Å². The molecule has 0 aliphatic heterocycles. The third kappa shape index (κ3) is 4.31. The van der Waals surface area contributed by atoms with Crippen molar-refractivity contribution in [2.75, 3.05) is 24.9 Å². The molecule has 6 nitrogen and oxygen atoms in total. The largest absolute Gasteiger partial charge is 0.495 e. The van der Waals surface area contributed by atoms with Gasteiger partial charge in [0.1, 0.15) is 5.75 Å². The average Bonchev–Trinajstić information content (AvgIpc) is 2.56. The van der Waals surface area contributed by atoms with Gasteiger partial charge in [-0.3, -0.25) is 0 Å². The number of ether oxygens (including phenoxy) is 2. The summed E-state index contributed by atoms with van der Waals surface area (Å²) in [5.74, 6) is -0.0338. The lowest BCUT2D eigenvalue weighted by Crippen LogP contribution is -2.20. The summed E-state index contributed by atoms with van der Waals surface area (Å²) in [4.78, 5) is 23.6. The van der Waals surface area contributed by atoms with Crippen LogP contribution < -0.4 is 15.4 Å². The van der Waals surface area contributed by atoms with Crippen LogP contribution in [-0.4, -0.2) is 26.2 Å². The lowest BCUT2D eigenvalue weighted by molar-refractivity contribution is 0.0600. The zero-order valence-corrected chi connectivity index (χ0v) is 14.4. The minimum Gasteiger partial charge on any atom is -0.495 e. The van der Waals surface area contributed by atoms with Crippen LogP contribution in [0.15, 0.2) is 36.4 Å². The molecule has 0 radical (unpaired) electrons. The average molecular weight is 369 g/mol. The van der Waals surface area contributed by atoms with Crippen molar-refractivity contribution in [2.24, 2.45) is 0 Å². The number of anilines is 2. The standard InChI is InChI=1S/C16H14Cl2N2O4/c1-23-14-6-4-10(8-12(14)18)19-16(22)20-13-7-9(15(21)24-2)3-5-11(13)17/h3-8H,1-2H3,(H2,19,20,22). The van der Waals surface area contributed by atoms with E-state index in [9.17, 15) is 9.59 Å². The SMILES string of the molecule is COC(=O)c1ccc(Cl)c(NC(=O)Nc2ccc(OC)c(Cl)c2)c1. The molecule has 126 valence electrons. The lowest BCUT2D eigenvalue weighted by Gasteiger charge is -2.11. The molecular weight excluding hydrogens is 355 g/mol. The second-order valence-electron chi connectivity index (χ2n) is 4.61. The second kappa shape index (κ2) is 7.90. The highest BCUT2D eigenvalue weighted by Gasteiger charge is 2.12. The Bertz CT molecular complexity index is 781. The maximum atomic E-state index is 12.1. The van der Waals surface area contributed by atoms with Gasteiger partial charge >= 0.3 is 12.0 Å². The van der Waals surface area contributed by atoms with E-state index in [0.717, 1.165) is 0 Å². The fraction of sp³-hybridized carbons (Fsp3) is 0.125. The molecule has 0 fully saturated rings. The van der Waals surface area contributed by atoms with Gasteiger partial charge in [-0.25, -0.2) is 9.59 Å². The number of methoxy groups -OCH3 is 2. The zero-order valence-electron chi connectivity index (χ0n) is 12.9. The summed E-state index contributed by atoms with van der Waals surface area (Å²) in [6, 6.07) is 8.69. The summed E-state index contributed by atoms with van der Waals surface area (Å²) in [5, 5.41) is 5.81. The van der Waals surface area contributed by atoms with Gasteiger partial charge in [0, 0.05) is 5.69 Å².